The van der Waals surface area contributed by atoms with Crippen LogP contribution in [0.3, 0.4) is 0 Å². The van der Waals surface area contributed by atoms with Crippen molar-refractivity contribution in [3.8, 4) is 5.75 Å². The number of rotatable bonds is 4. The fourth-order valence-corrected chi connectivity index (χ4v) is 2.32. The first-order chi connectivity index (χ1) is 9.10. The Morgan fingerprint density at radius 2 is 2.11 bits per heavy atom. The molecule has 0 radical (unpaired) electrons. The van der Waals surface area contributed by atoms with Crippen LogP contribution in [0.4, 0.5) is 0 Å². The molecule has 1 aromatic heterocycles. The number of hydrazine groups is 1. The van der Waals surface area contributed by atoms with Gasteiger partial charge >= 0.3 is 0 Å². The summed E-state index contributed by atoms with van der Waals surface area (Å²) in [5.74, 6) is 6.49. The minimum absolute atomic E-state index is 0.151. The van der Waals surface area contributed by atoms with Gasteiger partial charge in [0.15, 0.2) is 5.75 Å². The van der Waals surface area contributed by atoms with Crippen LogP contribution in [-0.4, -0.2) is 16.9 Å². The molecule has 1 heterocycles. The second-order valence-electron chi connectivity index (χ2n) is 4.61. The second-order valence-corrected chi connectivity index (χ2v) is 4.61. The van der Waals surface area contributed by atoms with Gasteiger partial charge in [-0.2, -0.15) is 5.10 Å². The molecule has 0 amide bonds. The van der Waals surface area contributed by atoms with Gasteiger partial charge in [0.25, 0.3) is 0 Å². The number of nitrogens with zero attached hydrogens (tertiary/aromatic N) is 2. The number of hydrogen-bond acceptors (Lipinski definition) is 4. The van der Waals surface area contributed by atoms with Gasteiger partial charge in [-0.15, -0.1) is 0 Å². The summed E-state index contributed by atoms with van der Waals surface area (Å²) in [4.78, 5) is 0. The number of benzene rings is 1. The van der Waals surface area contributed by atoms with E-state index in [2.05, 4.69) is 36.5 Å². The maximum Gasteiger partial charge on any atom is 0.161 e. The zero-order valence-corrected chi connectivity index (χ0v) is 11.8. The van der Waals surface area contributed by atoms with Crippen LogP contribution in [0.2, 0.25) is 0 Å². The van der Waals surface area contributed by atoms with Crippen molar-refractivity contribution in [3.63, 3.8) is 0 Å². The molecular weight excluding hydrogens is 240 g/mol. The van der Waals surface area contributed by atoms with Crippen molar-refractivity contribution in [3.05, 3.63) is 46.8 Å². The first-order valence-electron chi connectivity index (χ1n) is 6.18. The minimum atomic E-state index is -0.151. The van der Waals surface area contributed by atoms with Crippen molar-refractivity contribution in [2.75, 3.05) is 7.11 Å². The molecule has 2 aromatic rings. The number of nitrogens with two attached hydrogens (primary N) is 1. The van der Waals surface area contributed by atoms with Crippen LogP contribution in [0, 0.1) is 13.8 Å². The zero-order valence-electron chi connectivity index (χ0n) is 11.8. The monoisotopic (exact) mass is 260 g/mol. The molecule has 0 fully saturated rings. The summed E-state index contributed by atoms with van der Waals surface area (Å²) >= 11 is 0. The van der Waals surface area contributed by atoms with E-state index in [1.807, 2.05) is 13.1 Å². The summed E-state index contributed by atoms with van der Waals surface area (Å²) in [5.41, 5.74) is 7.36. The van der Waals surface area contributed by atoms with E-state index in [9.17, 15) is 0 Å². The lowest BCUT2D eigenvalue weighted by molar-refractivity contribution is 0.401. The van der Waals surface area contributed by atoms with E-state index in [0.717, 1.165) is 17.0 Å². The van der Waals surface area contributed by atoms with Crippen molar-refractivity contribution in [2.45, 2.75) is 19.9 Å². The van der Waals surface area contributed by atoms with Crippen molar-refractivity contribution in [2.24, 2.45) is 12.9 Å². The van der Waals surface area contributed by atoms with Crippen molar-refractivity contribution in [1.82, 2.24) is 15.2 Å². The number of ether oxygens (including phenoxy) is 1. The van der Waals surface area contributed by atoms with E-state index in [0.29, 0.717) is 0 Å². The normalized spacial score (nSPS) is 12.5. The summed E-state index contributed by atoms with van der Waals surface area (Å²) in [6.07, 6.45) is 1.70. The summed E-state index contributed by atoms with van der Waals surface area (Å²) in [7, 11) is 3.52. The molecule has 1 unspecified atom stereocenters. The van der Waals surface area contributed by atoms with Gasteiger partial charge in [-0.25, -0.2) is 5.43 Å². The van der Waals surface area contributed by atoms with Crippen LogP contribution >= 0.6 is 0 Å². The van der Waals surface area contributed by atoms with Gasteiger partial charge in [-0.1, -0.05) is 18.2 Å². The second kappa shape index (κ2) is 5.42. The largest absolute Gasteiger partial charge is 0.493 e. The lowest BCUT2D eigenvalue weighted by Gasteiger charge is -2.21. The van der Waals surface area contributed by atoms with E-state index in [1.165, 1.54) is 11.1 Å². The molecule has 0 saturated carbocycles. The van der Waals surface area contributed by atoms with Gasteiger partial charge < -0.3 is 4.74 Å². The molecule has 1 aromatic carbocycles. The third-order valence-corrected chi connectivity index (χ3v) is 3.57. The van der Waals surface area contributed by atoms with Crippen LogP contribution in [-0.2, 0) is 7.05 Å². The molecule has 0 aliphatic heterocycles. The Labute approximate surface area is 113 Å². The smallest absolute Gasteiger partial charge is 0.161 e. The van der Waals surface area contributed by atoms with Crippen LogP contribution in [0.25, 0.3) is 0 Å². The molecule has 5 nitrogen and oxygen atoms in total. The molecule has 3 N–H and O–H groups in total. The van der Waals surface area contributed by atoms with E-state index >= 15 is 0 Å². The number of hydrogen-bond donors (Lipinski definition) is 2. The molecule has 2 rings (SSSR count). The molecule has 0 spiro atoms. The molecule has 5 heteroatoms. The van der Waals surface area contributed by atoms with Gasteiger partial charge in [0.1, 0.15) is 5.69 Å². The average Bonchev–Trinajstić information content (AvgIpc) is 2.77. The number of aromatic nitrogens is 2. The van der Waals surface area contributed by atoms with Crippen molar-refractivity contribution >= 4 is 0 Å². The van der Waals surface area contributed by atoms with Crippen LogP contribution in [0.15, 0.2) is 24.4 Å². The molecule has 0 aliphatic carbocycles. The van der Waals surface area contributed by atoms with Crippen LogP contribution in [0.5, 0.6) is 5.75 Å². The third kappa shape index (κ3) is 2.34. The minimum Gasteiger partial charge on any atom is -0.493 e. The van der Waals surface area contributed by atoms with Gasteiger partial charge in [0, 0.05) is 7.05 Å². The van der Waals surface area contributed by atoms with Crippen LogP contribution < -0.4 is 16.0 Å². The fraction of sp³-hybridized carbons (Fsp3) is 0.357. The highest BCUT2D eigenvalue weighted by Crippen LogP contribution is 2.31. The quantitative estimate of drug-likeness (QED) is 0.647. The molecule has 0 bridgehead atoms. The highest BCUT2D eigenvalue weighted by Gasteiger charge is 2.23. The Hall–Kier alpha value is -1.85. The highest BCUT2D eigenvalue weighted by atomic mass is 16.5. The lowest BCUT2D eigenvalue weighted by atomic mass is 9.95. The topological polar surface area (TPSA) is 65.1 Å². The van der Waals surface area contributed by atoms with Gasteiger partial charge in [0.05, 0.1) is 19.3 Å². The maximum atomic E-state index is 5.76. The number of methoxy groups -OCH3 is 1. The van der Waals surface area contributed by atoms with E-state index in [1.54, 1.807) is 18.0 Å². The van der Waals surface area contributed by atoms with Gasteiger partial charge in [0.2, 0.25) is 0 Å². The molecular formula is C14H20N4O. The highest BCUT2D eigenvalue weighted by molar-refractivity contribution is 5.42. The Morgan fingerprint density at radius 3 is 2.74 bits per heavy atom. The molecule has 0 saturated heterocycles. The van der Waals surface area contributed by atoms with Crippen LogP contribution in [0.1, 0.15) is 28.4 Å². The Balaban J connectivity index is 2.56. The summed E-state index contributed by atoms with van der Waals surface area (Å²) in [6.45, 7) is 4.19. The SMILES string of the molecule is COc1cnn(C)c1C(NN)c1cccc(C)c1C. The average molecular weight is 260 g/mol. The number of aryl methyl sites for hydroxylation is 2. The van der Waals surface area contributed by atoms with E-state index in [4.69, 9.17) is 10.6 Å². The Morgan fingerprint density at radius 1 is 1.37 bits per heavy atom. The predicted molar refractivity (Wildman–Crippen MR) is 74.8 cm³/mol. The standard InChI is InChI=1S/C14H20N4O/c1-9-6-5-7-11(10(9)2)13(17-15)14-12(19-4)8-16-18(14)3/h5-8,13,17H,15H2,1-4H3. The summed E-state index contributed by atoms with van der Waals surface area (Å²) in [5, 5.41) is 4.23. The summed E-state index contributed by atoms with van der Waals surface area (Å²) < 4.78 is 7.14. The molecule has 102 valence electrons. The Bertz CT molecular complexity index is 577. The fourth-order valence-electron chi connectivity index (χ4n) is 2.32. The first-order valence-corrected chi connectivity index (χ1v) is 6.18. The van der Waals surface area contributed by atoms with E-state index < -0.39 is 0 Å². The number of nitrogens with one attached hydrogen (secondary N) is 1. The third-order valence-electron chi connectivity index (χ3n) is 3.57. The summed E-state index contributed by atoms with van der Waals surface area (Å²) in [6, 6.07) is 6.04. The van der Waals surface area contributed by atoms with E-state index in [-0.39, 0.29) is 6.04 Å². The Kier molecular flexibility index (Phi) is 3.87. The molecule has 0 aliphatic rings. The van der Waals surface area contributed by atoms with Crippen molar-refractivity contribution in [1.29, 1.82) is 0 Å². The first kappa shape index (κ1) is 13.6. The van der Waals surface area contributed by atoms with Gasteiger partial charge in [-0.05, 0) is 30.5 Å². The maximum absolute atomic E-state index is 5.76. The molecule has 1 atom stereocenters. The van der Waals surface area contributed by atoms with Crippen molar-refractivity contribution < 1.29 is 4.74 Å². The molecule has 19 heavy (non-hydrogen) atoms. The predicted octanol–water partition coefficient (Wildman–Crippen LogP) is 1.60. The van der Waals surface area contributed by atoms with Gasteiger partial charge in [-0.3, -0.25) is 10.5 Å². The lowest BCUT2D eigenvalue weighted by Crippen LogP contribution is -2.31. The zero-order chi connectivity index (χ0) is 14.0.